The molecule has 0 aromatic heterocycles. The van der Waals surface area contributed by atoms with E-state index in [0.717, 1.165) is 11.3 Å². The van der Waals surface area contributed by atoms with E-state index in [-0.39, 0.29) is 13.4 Å². The summed E-state index contributed by atoms with van der Waals surface area (Å²) in [6, 6.07) is 12.2. The number of carbonyl (C=O) groups excluding carboxylic acids is 2. The molecule has 134 valence electrons. The second-order valence-electron chi connectivity index (χ2n) is 5.33. The second kappa shape index (κ2) is 8.06. The lowest BCUT2D eigenvalue weighted by Crippen LogP contribution is -2.20. The first kappa shape index (κ1) is 17.3. The number of fused-ring (bicyclic) bond motifs is 1. The van der Waals surface area contributed by atoms with Gasteiger partial charge in [0.2, 0.25) is 6.79 Å². The summed E-state index contributed by atoms with van der Waals surface area (Å²) in [7, 11) is 1.58. The first-order valence-electron chi connectivity index (χ1n) is 7.82. The van der Waals surface area contributed by atoms with Crippen LogP contribution in [0.4, 0.5) is 5.69 Å². The van der Waals surface area contributed by atoms with Crippen LogP contribution in [0.2, 0.25) is 0 Å². The fourth-order valence-electron chi connectivity index (χ4n) is 2.24. The fourth-order valence-corrected chi connectivity index (χ4v) is 2.24. The monoisotopic (exact) mass is 355 g/mol. The van der Waals surface area contributed by atoms with E-state index in [0.29, 0.717) is 17.2 Å². The van der Waals surface area contributed by atoms with Gasteiger partial charge in [0, 0.05) is 17.8 Å². The molecule has 7 nitrogen and oxygen atoms in total. The lowest BCUT2D eigenvalue weighted by molar-refractivity contribution is -0.142. The largest absolute Gasteiger partial charge is 0.497 e. The van der Waals surface area contributed by atoms with Crippen LogP contribution in [-0.2, 0) is 14.3 Å². The van der Waals surface area contributed by atoms with Crippen LogP contribution >= 0.6 is 0 Å². The van der Waals surface area contributed by atoms with E-state index in [2.05, 4.69) is 5.32 Å². The van der Waals surface area contributed by atoms with Crippen molar-refractivity contribution in [1.82, 2.24) is 0 Å². The average Bonchev–Trinajstić information content (AvgIpc) is 3.13. The van der Waals surface area contributed by atoms with E-state index < -0.39 is 11.9 Å². The van der Waals surface area contributed by atoms with Gasteiger partial charge in [-0.2, -0.15) is 0 Å². The molecule has 2 aromatic rings. The predicted molar refractivity (Wildman–Crippen MR) is 94.2 cm³/mol. The first-order valence-corrected chi connectivity index (χ1v) is 7.82. The highest BCUT2D eigenvalue weighted by atomic mass is 16.7. The summed E-state index contributed by atoms with van der Waals surface area (Å²) in [4.78, 5) is 23.6. The molecular formula is C19H17NO6. The lowest BCUT2D eigenvalue weighted by Gasteiger charge is -2.06. The maximum absolute atomic E-state index is 11.9. The molecule has 2 aromatic carbocycles. The van der Waals surface area contributed by atoms with Gasteiger partial charge in [0.25, 0.3) is 5.91 Å². The van der Waals surface area contributed by atoms with Gasteiger partial charge in [-0.05, 0) is 35.9 Å². The van der Waals surface area contributed by atoms with Crippen LogP contribution in [0, 0.1) is 0 Å². The van der Waals surface area contributed by atoms with E-state index in [1.54, 1.807) is 55.7 Å². The Balaban J connectivity index is 1.46. The van der Waals surface area contributed by atoms with Crippen molar-refractivity contribution in [3.05, 3.63) is 54.1 Å². The maximum Gasteiger partial charge on any atom is 0.331 e. The molecule has 0 spiro atoms. The molecule has 0 aliphatic carbocycles. The van der Waals surface area contributed by atoms with Gasteiger partial charge in [-0.25, -0.2) is 4.79 Å². The normalized spacial score (nSPS) is 12.0. The number of amides is 1. The Morgan fingerprint density at radius 1 is 1.12 bits per heavy atom. The van der Waals surface area contributed by atoms with Gasteiger partial charge in [-0.3, -0.25) is 4.79 Å². The highest BCUT2D eigenvalue weighted by molar-refractivity contribution is 5.94. The Hall–Kier alpha value is -3.48. The number of hydrogen-bond acceptors (Lipinski definition) is 6. The van der Waals surface area contributed by atoms with E-state index in [1.165, 1.54) is 6.08 Å². The Morgan fingerprint density at radius 2 is 1.88 bits per heavy atom. The molecule has 7 heteroatoms. The summed E-state index contributed by atoms with van der Waals surface area (Å²) in [6.07, 6.45) is 2.85. The maximum atomic E-state index is 11.9. The number of benzene rings is 2. The molecule has 1 aliphatic heterocycles. The molecule has 0 radical (unpaired) electrons. The molecule has 1 amide bonds. The van der Waals surface area contributed by atoms with Crippen molar-refractivity contribution < 1.29 is 28.5 Å². The summed E-state index contributed by atoms with van der Waals surface area (Å²) in [5.41, 5.74) is 1.34. The van der Waals surface area contributed by atoms with Crippen LogP contribution in [0.15, 0.2) is 48.5 Å². The Bertz CT molecular complexity index is 828. The molecule has 0 fully saturated rings. The summed E-state index contributed by atoms with van der Waals surface area (Å²) in [5.74, 6) is 0.849. The third kappa shape index (κ3) is 4.54. The number of carbonyl (C=O) groups is 2. The van der Waals surface area contributed by atoms with Crippen molar-refractivity contribution in [3.63, 3.8) is 0 Å². The zero-order chi connectivity index (χ0) is 18.4. The van der Waals surface area contributed by atoms with Crippen LogP contribution in [0.5, 0.6) is 17.2 Å². The predicted octanol–water partition coefficient (Wildman–Crippen LogP) is 2.62. The van der Waals surface area contributed by atoms with Crippen LogP contribution in [0.1, 0.15) is 5.56 Å². The first-order chi connectivity index (χ1) is 12.6. The van der Waals surface area contributed by atoms with Crippen molar-refractivity contribution in [2.75, 3.05) is 25.8 Å². The molecule has 0 saturated carbocycles. The number of methoxy groups -OCH3 is 1. The van der Waals surface area contributed by atoms with Gasteiger partial charge in [0.1, 0.15) is 5.75 Å². The average molecular weight is 355 g/mol. The van der Waals surface area contributed by atoms with Crippen LogP contribution in [-0.4, -0.2) is 32.4 Å². The molecule has 0 saturated heterocycles. The second-order valence-corrected chi connectivity index (χ2v) is 5.33. The fraction of sp³-hybridized carbons (Fsp3) is 0.158. The number of esters is 1. The number of nitrogens with one attached hydrogen (secondary N) is 1. The van der Waals surface area contributed by atoms with Crippen LogP contribution in [0.25, 0.3) is 6.08 Å². The number of ether oxygens (including phenoxy) is 4. The van der Waals surface area contributed by atoms with E-state index in [1.807, 2.05) is 0 Å². The quantitative estimate of drug-likeness (QED) is 0.633. The van der Waals surface area contributed by atoms with Crippen molar-refractivity contribution in [2.24, 2.45) is 0 Å². The van der Waals surface area contributed by atoms with E-state index in [4.69, 9.17) is 18.9 Å². The van der Waals surface area contributed by atoms with Gasteiger partial charge in [0.05, 0.1) is 7.11 Å². The Kier molecular flexibility index (Phi) is 5.38. The third-order valence-corrected chi connectivity index (χ3v) is 3.53. The van der Waals surface area contributed by atoms with E-state index >= 15 is 0 Å². The minimum absolute atomic E-state index is 0.158. The van der Waals surface area contributed by atoms with Gasteiger partial charge in [-0.15, -0.1) is 0 Å². The van der Waals surface area contributed by atoms with Gasteiger partial charge < -0.3 is 24.3 Å². The Labute approximate surface area is 150 Å². The number of hydrogen-bond donors (Lipinski definition) is 1. The zero-order valence-electron chi connectivity index (χ0n) is 14.1. The molecule has 3 rings (SSSR count). The lowest BCUT2D eigenvalue weighted by atomic mass is 10.2. The molecule has 1 aliphatic rings. The smallest absolute Gasteiger partial charge is 0.331 e. The summed E-state index contributed by atoms with van der Waals surface area (Å²) >= 11 is 0. The molecule has 0 unspecified atom stereocenters. The number of anilines is 1. The molecule has 0 bridgehead atoms. The third-order valence-electron chi connectivity index (χ3n) is 3.53. The van der Waals surface area contributed by atoms with E-state index in [9.17, 15) is 9.59 Å². The SMILES string of the molecule is COc1ccc(C=CC(=O)OCC(=O)Nc2ccc3c(c2)OCO3)cc1. The highest BCUT2D eigenvalue weighted by Crippen LogP contribution is 2.34. The molecule has 0 atom stereocenters. The van der Waals surface area contributed by atoms with Gasteiger partial charge in [-0.1, -0.05) is 12.1 Å². The van der Waals surface area contributed by atoms with Gasteiger partial charge >= 0.3 is 5.97 Å². The minimum atomic E-state index is -0.610. The van der Waals surface area contributed by atoms with Crippen LogP contribution < -0.4 is 19.5 Å². The van der Waals surface area contributed by atoms with Crippen molar-refractivity contribution in [1.29, 1.82) is 0 Å². The van der Waals surface area contributed by atoms with Crippen molar-refractivity contribution >= 4 is 23.6 Å². The van der Waals surface area contributed by atoms with Gasteiger partial charge in [0.15, 0.2) is 18.1 Å². The molecular weight excluding hydrogens is 338 g/mol. The summed E-state index contributed by atoms with van der Waals surface area (Å²) in [5, 5.41) is 2.62. The molecule has 1 heterocycles. The number of rotatable bonds is 6. The molecule has 1 N–H and O–H groups in total. The Morgan fingerprint density at radius 3 is 2.65 bits per heavy atom. The standard InChI is InChI=1S/C19H17NO6/c1-23-15-6-2-13(3-7-15)4-9-19(22)24-11-18(21)20-14-5-8-16-17(10-14)26-12-25-16/h2-10H,11-12H2,1H3,(H,20,21). The van der Waals surface area contributed by atoms with Crippen LogP contribution in [0.3, 0.4) is 0 Å². The topological polar surface area (TPSA) is 83.1 Å². The minimum Gasteiger partial charge on any atom is -0.497 e. The van der Waals surface area contributed by atoms with Crippen molar-refractivity contribution in [3.8, 4) is 17.2 Å². The highest BCUT2D eigenvalue weighted by Gasteiger charge is 2.14. The van der Waals surface area contributed by atoms with Crippen molar-refractivity contribution in [2.45, 2.75) is 0 Å². The summed E-state index contributed by atoms with van der Waals surface area (Å²) < 4.78 is 20.4. The summed E-state index contributed by atoms with van der Waals surface area (Å²) in [6.45, 7) is -0.231. The zero-order valence-corrected chi connectivity index (χ0v) is 14.1. The molecule has 26 heavy (non-hydrogen) atoms.